The quantitative estimate of drug-likeness (QED) is 0.133. The van der Waals surface area contributed by atoms with E-state index in [1.165, 1.54) is 36.5 Å². The van der Waals surface area contributed by atoms with Gasteiger partial charge in [0.1, 0.15) is 5.60 Å². The van der Waals surface area contributed by atoms with E-state index in [9.17, 15) is 28.3 Å². The van der Waals surface area contributed by atoms with Crippen molar-refractivity contribution in [2.24, 2.45) is 11.8 Å². The molecule has 0 radical (unpaired) electrons. The number of carbonyl (C=O) groups is 3. The van der Waals surface area contributed by atoms with Crippen molar-refractivity contribution in [2.75, 3.05) is 64.8 Å². The molecule has 4 heterocycles. The van der Waals surface area contributed by atoms with Gasteiger partial charge >= 0.3 is 12.2 Å². The van der Waals surface area contributed by atoms with Gasteiger partial charge < -0.3 is 39.9 Å². The van der Waals surface area contributed by atoms with Crippen LogP contribution in [0.3, 0.4) is 0 Å². The molecule has 14 nitrogen and oxygen atoms in total. The number of aryl methyl sites for hydroxylation is 1. The Balaban J connectivity index is 1.05. The number of methoxy groups -OCH3 is 1. The molecule has 4 aromatic rings. The van der Waals surface area contributed by atoms with Crippen molar-refractivity contribution in [3.63, 3.8) is 0 Å². The van der Waals surface area contributed by atoms with Crippen molar-refractivity contribution in [1.29, 1.82) is 0 Å². The number of benzene rings is 2. The van der Waals surface area contributed by atoms with Crippen molar-refractivity contribution in [2.45, 2.75) is 46.1 Å². The van der Waals surface area contributed by atoms with Crippen molar-refractivity contribution in [3.05, 3.63) is 71.7 Å². The first kappa shape index (κ1) is 39.2. The number of hydrogen-bond acceptors (Lipinski definition) is 9. The number of nitrogens with zero attached hydrogens (tertiary/aromatic N) is 6. The van der Waals surface area contributed by atoms with Crippen LogP contribution < -0.4 is 15.4 Å². The number of aromatic nitrogens is 3. The number of ether oxygens (including phenoxy) is 2. The lowest BCUT2D eigenvalue weighted by atomic mass is 9.96. The second kappa shape index (κ2) is 16.5. The van der Waals surface area contributed by atoms with E-state index in [0.29, 0.717) is 80.5 Å². The maximum Gasteiger partial charge on any atom is 0.410 e. The summed E-state index contributed by atoms with van der Waals surface area (Å²) in [5, 5.41) is 15.6. The maximum absolute atomic E-state index is 14.9. The number of fused-ring (bicyclic) bond motifs is 1. The highest BCUT2D eigenvalue weighted by Crippen LogP contribution is 2.32. The molecule has 2 saturated heterocycles. The van der Waals surface area contributed by atoms with Crippen LogP contribution in [0.2, 0.25) is 0 Å². The lowest BCUT2D eigenvalue weighted by Crippen LogP contribution is -2.57. The van der Waals surface area contributed by atoms with E-state index in [4.69, 9.17) is 9.47 Å². The number of imidazole rings is 1. The minimum Gasteiger partial charge on any atom is -0.494 e. The van der Waals surface area contributed by atoms with Crippen molar-refractivity contribution < 1.29 is 37.7 Å². The monoisotopic (exact) mass is 762 g/mol. The summed E-state index contributed by atoms with van der Waals surface area (Å²) in [7, 11) is 1.27. The minimum atomic E-state index is -1.08. The Morgan fingerprint density at radius 2 is 1.71 bits per heavy atom. The van der Waals surface area contributed by atoms with Crippen LogP contribution in [0.5, 0.6) is 5.75 Å². The van der Waals surface area contributed by atoms with E-state index in [1.54, 1.807) is 27.6 Å². The van der Waals surface area contributed by atoms with Crippen LogP contribution in [0.4, 0.5) is 29.9 Å². The Labute approximate surface area is 318 Å². The number of halogens is 2. The first-order valence-corrected chi connectivity index (χ1v) is 18.4. The van der Waals surface area contributed by atoms with E-state index in [2.05, 4.69) is 25.5 Å². The molecule has 2 aromatic heterocycles. The highest BCUT2D eigenvalue weighted by molar-refractivity contribution is 5.96. The fourth-order valence-electron chi connectivity index (χ4n) is 7.01. The molecule has 0 saturated carbocycles. The van der Waals surface area contributed by atoms with Crippen LogP contribution in [0.1, 0.15) is 50.0 Å². The standard InChI is InChI=1S/C39H48F2N8O6/c1-6-26-16-27(45-34-35-44-17-30(49(35)15-13-42-34)29-10-11-31(54-5)33(41)32(29)40)8-9-28(26)36(50)43-12-7-14-46(18-24-20-47(21-24)37(51)52)19-25-22-48(23-25)38(53)55-39(2,3)4/h8-11,13,15-17,24-25H,6-7,12,14,18-23H2,1-5H3,(H,42,45)(H,43,50)(H,51,52). The van der Waals surface area contributed by atoms with Crippen LogP contribution in [-0.4, -0.2) is 117 Å². The van der Waals surface area contributed by atoms with Gasteiger partial charge in [-0.25, -0.2) is 23.9 Å². The zero-order valence-corrected chi connectivity index (χ0v) is 31.8. The third-order valence-electron chi connectivity index (χ3n) is 9.77. The number of amides is 3. The molecule has 3 amide bonds. The number of nitrogens with one attached hydrogen (secondary N) is 2. The SMILES string of the molecule is CCc1cc(Nc2nccn3c(-c4ccc(OC)c(F)c4F)cnc23)ccc1C(=O)NCCCN(CC1CN(C(=O)O)C1)CC1CN(C(=O)OC(C)(C)C)C1. The summed E-state index contributed by atoms with van der Waals surface area (Å²) in [5.74, 6) is -1.59. The lowest BCUT2D eigenvalue weighted by Gasteiger charge is -2.44. The minimum absolute atomic E-state index is 0.0229. The molecule has 0 atom stereocenters. The van der Waals surface area contributed by atoms with E-state index >= 15 is 0 Å². The van der Waals surface area contributed by atoms with E-state index in [-0.39, 0.29) is 35.1 Å². The Bertz CT molecular complexity index is 2040. The van der Waals surface area contributed by atoms with Gasteiger partial charge in [0.25, 0.3) is 5.91 Å². The molecule has 6 rings (SSSR count). The summed E-state index contributed by atoms with van der Waals surface area (Å²) in [4.78, 5) is 51.4. The summed E-state index contributed by atoms with van der Waals surface area (Å²) in [6.45, 7) is 12.4. The van der Waals surface area contributed by atoms with Gasteiger partial charge in [-0.3, -0.25) is 9.20 Å². The third-order valence-corrected chi connectivity index (χ3v) is 9.77. The maximum atomic E-state index is 14.9. The Kier molecular flexibility index (Phi) is 11.7. The fourth-order valence-corrected chi connectivity index (χ4v) is 7.01. The van der Waals surface area contributed by atoms with Gasteiger partial charge in [0, 0.05) is 86.9 Å². The fraction of sp³-hybridized carbons (Fsp3) is 0.462. The largest absolute Gasteiger partial charge is 0.494 e. The summed E-state index contributed by atoms with van der Waals surface area (Å²) < 4.78 is 41.4. The zero-order valence-electron chi connectivity index (χ0n) is 31.8. The number of anilines is 2. The van der Waals surface area contributed by atoms with Gasteiger partial charge in [-0.15, -0.1) is 0 Å². The summed E-state index contributed by atoms with van der Waals surface area (Å²) >= 11 is 0. The summed E-state index contributed by atoms with van der Waals surface area (Å²) in [6, 6.07) is 8.21. The topological polar surface area (TPSA) is 154 Å². The van der Waals surface area contributed by atoms with Crippen LogP contribution in [0.15, 0.2) is 48.9 Å². The Morgan fingerprint density at radius 1 is 1.00 bits per heavy atom. The van der Waals surface area contributed by atoms with Gasteiger partial charge in [0.05, 0.1) is 19.0 Å². The predicted octanol–water partition coefficient (Wildman–Crippen LogP) is 5.89. The van der Waals surface area contributed by atoms with Crippen molar-refractivity contribution in [1.82, 2.24) is 34.4 Å². The van der Waals surface area contributed by atoms with E-state index in [1.807, 2.05) is 33.8 Å². The smallest absolute Gasteiger partial charge is 0.410 e. The molecule has 2 aliphatic heterocycles. The second-order valence-electron chi connectivity index (χ2n) is 15.1. The number of carbonyl (C=O) groups excluding carboxylic acids is 2. The normalized spacial score (nSPS) is 14.8. The molecule has 2 aromatic carbocycles. The first-order chi connectivity index (χ1) is 26.2. The Hall–Kier alpha value is -5.51. The predicted molar refractivity (Wildman–Crippen MR) is 202 cm³/mol. The molecule has 3 N–H and O–H groups in total. The molecule has 16 heteroatoms. The molecule has 2 aliphatic rings. The van der Waals surface area contributed by atoms with Gasteiger partial charge in [-0.2, -0.15) is 4.39 Å². The highest BCUT2D eigenvalue weighted by Gasteiger charge is 2.36. The molecule has 0 aliphatic carbocycles. The van der Waals surface area contributed by atoms with Crippen molar-refractivity contribution >= 4 is 35.2 Å². The average Bonchev–Trinajstić information content (AvgIpc) is 3.53. The molecular formula is C39H48F2N8O6. The van der Waals surface area contributed by atoms with Crippen LogP contribution in [0, 0.1) is 23.5 Å². The molecule has 0 unspecified atom stereocenters. The third kappa shape index (κ3) is 9.07. The summed E-state index contributed by atoms with van der Waals surface area (Å²) in [6.07, 6.45) is 4.66. The van der Waals surface area contributed by atoms with Gasteiger partial charge in [0.15, 0.2) is 23.0 Å². The highest BCUT2D eigenvalue weighted by atomic mass is 19.2. The van der Waals surface area contributed by atoms with Gasteiger partial charge in [-0.05, 0) is 76.1 Å². The van der Waals surface area contributed by atoms with Crippen LogP contribution in [0.25, 0.3) is 16.9 Å². The molecule has 0 bridgehead atoms. The van der Waals surface area contributed by atoms with Crippen LogP contribution in [-0.2, 0) is 11.2 Å². The number of carboxylic acid groups (broad SMARTS) is 1. The van der Waals surface area contributed by atoms with E-state index < -0.39 is 23.3 Å². The van der Waals surface area contributed by atoms with Crippen molar-refractivity contribution in [3.8, 4) is 17.0 Å². The number of rotatable bonds is 14. The average molecular weight is 763 g/mol. The lowest BCUT2D eigenvalue weighted by molar-refractivity contribution is -0.00932. The number of hydrogen-bond donors (Lipinski definition) is 3. The molecule has 0 spiro atoms. The molecule has 2 fully saturated rings. The van der Waals surface area contributed by atoms with Gasteiger partial charge in [0.2, 0.25) is 5.82 Å². The summed E-state index contributed by atoms with van der Waals surface area (Å²) in [5.41, 5.74) is 2.26. The van der Waals surface area contributed by atoms with E-state index in [0.717, 1.165) is 18.7 Å². The second-order valence-corrected chi connectivity index (χ2v) is 15.1. The molecule has 294 valence electrons. The van der Waals surface area contributed by atoms with Crippen LogP contribution >= 0.6 is 0 Å². The Morgan fingerprint density at radius 3 is 2.36 bits per heavy atom. The molecular weight excluding hydrogens is 714 g/mol. The number of likely N-dealkylation sites (tertiary alicyclic amines) is 2. The molecule has 55 heavy (non-hydrogen) atoms. The first-order valence-electron chi connectivity index (χ1n) is 18.4. The van der Waals surface area contributed by atoms with Gasteiger partial charge in [-0.1, -0.05) is 6.92 Å². The zero-order chi connectivity index (χ0) is 39.4.